The van der Waals surface area contributed by atoms with E-state index in [2.05, 4.69) is 29.0 Å². The van der Waals surface area contributed by atoms with Crippen LogP contribution in [0.1, 0.15) is 0 Å². The Morgan fingerprint density at radius 1 is 1.89 bits per heavy atom. The standard InChI is InChI=1S/C3H7NO2S3/c5-3(6)2(1-7)4-9-8/h2,4,7-8H,1H2,(H,5,6)/t2-/m1/s1. The molecule has 0 fully saturated rings. The fraction of sp³-hybridized carbons (Fsp3) is 0.667. The van der Waals surface area contributed by atoms with Crippen molar-refractivity contribution >= 4 is 41.2 Å². The van der Waals surface area contributed by atoms with E-state index in [0.29, 0.717) is 0 Å². The van der Waals surface area contributed by atoms with E-state index in [1.165, 1.54) is 0 Å². The van der Waals surface area contributed by atoms with E-state index in [1.807, 2.05) is 0 Å². The summed E-state index contributed by atoms with van der Waals surface area (Å²) in [5, 5.41) is 8.35. The minimum Gasteiger partial charge on any atom is -0.480 e. The Morgan fingerprint density at radius 2 is 2.44 bits per heavy atom. The molecule has 0 aromatic heterocycles. The second-order valence-electron chi connectivity index (χ2n) is 1.28. The Labute approximate surface area is 67.9 Å². The number of nitrogens with one attached hydrogen (secondary N) is 1. The molecule has 0 saturated carbocycles. The number of rotatable bonds is 4. The summed E-state index contributed by atoms with van der Waals surface area (Å²) < 4.78 is 2.54. The highest BCUT2D eigenvalue weighted by Crippen LogP contribution is 2.01. The molecule has 0 aromatic carbocycles. The number of hydrogen-bond donors (Lipinski definition) is 4. The predicted molar refractivity (Wildman–Crippen MR) is 45.0 cm³/mol. The highest BCUT2D eigenvalue weighted by molar-refractivity contribution is 8.67. The summed E-state index contributed by atoms with van der Waals surface area (Å²) in [7, 11) is 0.977. The number of thiol groups is 2. The first kappa shape index (κ1) is 9.48. The van der Waals surface area contributed by atoms with Crippen molar-refractivity contribution in [3.63, 3.8) is 0 Å². The van der Waals surface area contributed by atoms with Gasteiger partial charge in [-0.3, -0.25) is 4.79 Å². The van der Waals surface area contributed by atoms with Crippen molar-refractivity contribution in [2.75, 3.05) is 5.75 Å². The van der Waals surface area contributed by atoms with Crippen LogP contribution >= 0.6 is 35.3 Å². The van der Waals surface area contributed by atoms with E-state index in [9.17, 15) is 4.79 Å². The zero-order valence-electron chi connectivity index (χ0n) is 4.44. The van der Waals surface area contributed by atoms with Gasteiger partial charge in [-0.05, 0) is 11.0 Å². The van der Waals surface area contributed by atoms with Crippen LogP contribution in [0.4, 0.5) is 0 Å². The molecule has 0 aromatic rings. The van der Waals surface area contributed by atoms with Gasteiger partial charge in [0.25, 0.3) is 0 Å². The second-order valence-corrected chi connectivity index (χ2v) is 2.61. The maximum absolute atomic E-state index is 10.2. The van der Waals surface area contributed by atoms with Gasteiger partial charge < -0.3 is 5.11 Å². The second kappa shape index (κ2) is 5.28. The van der Waals surface area contributed by atoms with E-state index >= 15 is 0 Å². The third-order valence-electron chi connectivity index (χ3n) is 0.676. The Kier molecular flexibility index (Phi) is 5.56. The highest BCUT2D eigenvalue weighted by atomic mass is 33.1. The lowest BCUT2D eigenvalue weighted by molar-refractivity contribution is -0.138. The first-order valence-corrected chi connectivity index (χ1v) is 4.62. The van der Waals surface area contributed by atoms with E-state index in [0.717, 1.165) is 11.0 Å². The Bertz CT molecular complexity index is 99.1. The van der Waals surface area contributed by atoms with Crippen LogP contribution in [0.2, 0.25) is 0 Å². The summed E-state index contributed by atoms with van der Waals surface area (Å²) in [4.78, 5) is 10.2. The lowest BCUT2D eigenvalue weighted by Crippen LogP contribution is -2.33. The lowest BCUT2D eigenvalue weighted by Gasteiger charge is -2.06. The largest absolute Gasteiger partial charge is 0.480 e. The minimum absolute atomic E-state index is 0.267. The Balaban J connectivity index is 3.54. The molecule has 0 aliphatic rings. The predicted octanol–water partition coefficient (Wildman–Crippen LogP) is 0.452. The van der Waals surface area contributed by atoms with Gasteiger partial charge in [0.2, 0.25) is 0 Å². The zero-order chi connectivity index (χ0) is 7.28. The van der Waals surface area contributed by atoms with Gasteiger partial charge in [0.15, 0.2) is 0 Å². The first-order valence-electron chi connectivity index (χ1n) is 2.12. The molecule has 0 saturated heterocycles. The van der Waals surface area contributed by atoms with Crippen LogP contribution in [-0.4, -0.2) is 22.9 Å². The number of aliphatic carboxylic acids is 1. The van der Waals surface area contributed by atoms with Gasteiger partial charge in [-0.25, -0.2) is 4.72 Å². The van der Waals surface area contributed by atoms with Gasteiger partial charge in [-0.2, -0.15) is 12.6 Å². The third kappa shape index (κ3) is 3.96. The van der Waals surface area contributed by atoms with Crippen molar-refractivity contribution in [1.29, 1.82) is 0 Å². The van der Waals surface area contributed by atoms with Gasteiger partial charge in [0.1, 0.15) is 6.04 Å². The maximum atomic E-state index is 10.2. The van der Waals surface area contributed by atoms with Crippen LogP contribution in [0.3, 0.4) is 0 Å². The van der Waals surface area contributed by atoms with Crippen LogP contribution in [0.25, 0.3) is 0 Å². The van der Waals surface area contributed by atoms with Crippen LogP contribution < -0.4 is 4.72 Å². The first-order chi connectivity index (χ1) is 4.22. The molecule has 0 spiro atoms. The molecule has 0 radical (unpaired) electrons. The molecule has 1 atom stereocenters. The summed E-state index contributed by atoms with van der Waals surface area (Å²) in [6.07, 6.45) is 0. The van der Waals surface area contributed by atoms with Crippen LogP contribution in [-0.2, 0) is 4.79 Å². The van der Waals surface area contributed by atoms with Crippen molar-refractivity contribution in [3.8, 4) is 0 Å². The van der Waals surface area contributed by atoms with E-state index in [1.54, 1.807) is 0 Å². The van der Waals surface area contributed by atoms with Gasteiger partial charge in [-0.1, -0.05) is 11.7 Å². The highest BCUT2D eigenvalue weighted by Gasteiger charge is 2.12. The molecule has 0 amide bonds. The fourth-order valence-corrected chi connectivity index (χ4v) is 1.29. The van der Waals surface area contributed by atoms with E-state index in [4.69, 9.17) is 5.11 Å². The van der Waals surface area contributed by atoms with E-state index < -0.39 is 12.0 Å². The molecule has 2 N–H and O–H groups in total. The van der Waals surface area contributed by atoms with Gasteiger partial charge in [0.05, 0.1) is 0 Å². The molecule has 9 heavy (non-hydrogen) atoms. The molecule has 0 bridgehead atoms. The van der Waals surface area contributed by atoms with Gasteiger partial charge >= 0.3 is 5.97 Å². The maximum Gasteiger partial charge on any atom is 0.322 e. The van der Waals surface area contributed by atoms with Crippen LogP contribution in [0.15, 0.2) is 0 Å². The number of carbonyl (C=O) groups is 1. The molecule has 0 unspecified atom stereocenters. The smallest absolute Gasteiger partial charge is 0.322 e. The normalized spacial score (nSPS) is 13.1. The number of carboxylic acids is 1. The molecule has 0 rings (SSSR count). The molecule has 0 aliphatic heterocycles. The topological polar surface area (TPSA) is 49.3 Å². The molecule has 6 heteroatoms. The molecular weight excluding hydrogens is 178 g/mol. The third-order valence-corrected chi connectivity index (χ3v) is 1.75. The summed E-state index contributed by atoms with van der Waals surface area (Å²) in [5.74, 6) is -0.644. The van der Waals surface area contributed by atoms with E-state index in [-0.39, 0.29) is 5.75 Å². The monoisotopic (exact) mass is 185 g/mol. The van der Waals surface area contributed by atoms with Gasteiger partial charge in [-0.15, -0.1) is 0 Å². The average Bonchev–Trinajstić information content (AvgIpc) is 1.82. The van der Waals surface area contributed by atoms with Crippen molar-refractivity contribution in [2.45, 2.75) is 6.04 Å². The summed E-state index contributed by atoms with van der Waals surface area (Å²) in [6.45, 7) is 0. The van der Waals surface area contributed by atoms with Crippen LogP contribution in [0.5, 0.6) is 0 Å². The molecular formula is C3H7NO2S3. The molecule has 0 aliphatic carbocycles. The Morgan fingerprint density at radius 3 is 2.56 bits per heavy atom. The summed E-state index contributed by atoms with van der Waals surface area (Å²) in [6, 6.07) is -0.615. The molecule has 0 heterocycles. The number of hydrogen-bond acceptors (Lipinski definition) is 5. The quantitative estimate of drug-likeness (QED) is 0.292. The van der Waals surface area contributed by atoms with Gasteiger partial charge in [0, 0.05) is 5.75 Å². The van der Waals surface area contributed by atoms with Crippen molar-refractivity contribution < 1.29 is 9.90 Å². The lowest BCUT2D eigenvalue weighted by atomic mass is 10.4. The zero-order valence-corrected chi connectivity index (χ0v) is 7.05. The molecule has 3 nitrogen and oxygen atoms in total. The SMILES string of the molecule is O=C(O)[C@@H](CS)NSS. The average molecular weight is 185 g/mol. The Hall–Kier alpha value is 0.480. The fourth-order valence-electron chi connectivity index (χ4n) is 0.229. The minimum atomic E-state index is -0.911. The summed E-state index contributed by atoms with van der Waals surface area (Å²) in [5.41, 5.74) is 0. The number of carboxylic acid groups (broad SMARTS) is 1. The van der Waals surface area contributed by atoms with Crippen LogP contribution in [0, 0.1) is 0 Å². The van der Waals surface area contributed by atoms with Crippen molar-refractivity contribution in [1.82, 2.24) is 4.72 Å². The van der Waals surface area contributed by atoms with Crippen molar-refractivity contribution in [3.05, 3.63) is 0 Å². The summed E-state index contributed by atoms with van der Waals surface area (Å²) >= 11 is 7.52. The molecule has 54 valence electrons. The van der Waals surface area contributed by atoms with Crippen molar-refractivity contribution in [2.24, 2.45) is 0 Å².